The lowest BCUT2D eigenvalue weighted by molar-refractivity contribution is -0.856. The molecule has 10 heteroatoms. The molecule has 0 atom stereocenters. The highest BCUT2D eigenvalue weighted by Crippen LogP contribution is 2.28. The summed E-state index contributed by atoms with van der Waals surface area (Å²) in [7, 11) is -0.0164. The molecule has 0 fully saturated rings. The Hall–Kier alpha value is -2.20. The second kappa shape index (κ2) is 9.14. The third-order valence-corrected chi connectivity index (χ3v) is 5.65. The number of nitrogens with one attached hydrogen (secondary N) is 3. The van der Waals surface area contributed by atoms with Crippen LogP contribution in [0.3, 0.4) is 0 Å². The third-order valence-electron chi connectivity index (χ3n) is 3.82. The Bertz CT molecular complexity index is 919. The van der Waals surface area contributed by atoms with Crippen molar-refractivity contribution >= 4 is 33.0 Å². The van der Waals surface area contributed by atoms with Gasteiger partial charge in [-0.25, -0.2) is 13.1 Å². The van der Waals surface area contributed by atoms with Crippen LogP contribution in [0.4, 0.5) is 11.4 Å². The number of likely N-dealkylation sites (N-methyl/N-ethyl adjacent to an activating group) is 1. The van der Waals surface area contributed by atoms with Crippen LogP contribution in [0.15, 0.2) is 47.4 Å². The summed E-state index contributed by atoms with van der Waals surface area (Å²) in [4.78, 5) is 11.7. The average Bonchev–Trinajstić information content (AvgIpc) is 2.60. The first-order valence-electron chi connectivity index (χ1n) is 8.25. The fourth-order valence-electron chi connectivity index (χ4n) is 2.33. The quantitative estimate of drug-likeness (QED) is 0.424. The summed E-state index contributed by atoms with van der Waals surface area (Å²) in [5, 5.41) is 14.9. The first kappa shape index (κ1) is 21.1. The Morgan fingerprint density at radius 3 is 2.52 bits per heavy atom. The van der Waals surface area contributed by atoms with Gasteiger partial charge in [0, 0.05) is 17.6 Å². The molecule has 27 heavy (non-hydrogen) atoms. The van der Waals surface area contributed by atoms with Crippen molar-refractivity contribution in [3.63, 3.8) is 0 Å². The normalized spacial score (nSPS) is 11.6. The molecule has 0 aromatic heterocycles. The van der Waals surface area contributed by atoms with Crippen molar-refractivity contribution < 1.29 is 18.2 Å². The van der Waals surface area contributed by atoms with Gasteiger partial charge in [-0.3, -0.25) is 10.1 Å². The van der Waals surface area contributed by atoms with Gasteiger partial charge in [0.1, 0.15) is 5.69 Å². The van der Waals surface area contributed by atoms with E-state index in [0.717, 1.165) is 16.5 Å². The van der Waals surface area contributed by atoms with E-state index in [4.69, 9.17) is 11.6 Å². The molecule has 146 valence electrons. The Balaban J connectivity index is 2.21. The molecule has 0 aliphatic rings. The van der Waals surface area contributed by atoms with Crippen molar-refractivity contribution in [1.29, 1.82) is 0 Å². The highest BCUT2D eigenvalue weighted by Gasteiger charge is 2.21. The van der Waals surface area contributed by atoms with E-state index < -0.39 is 14.9 Å². The van der Waals surface area contributed by atoms with Gasteiger partial charge in [0.15, 0.2) is 0 Å². The van der Waals surface area contributed by atoms with E-state index in [-0.39, 0.29) is 29.4 Å². The van der Waals surface area contributed by atoms with Crippen molar-refractivity contribution in [2.24, 2.45) is 0 Å². The third kappa shape index (κ3) is 5.90. The molecule has 0 saturated carbocycles. The lowest BCUT2D eigenvalue weighted by atomic mass is 10.2. The fraction of sp³-hybridized carbons (Fsp3) is 0.294. The van der Waals surface area contributed by atoms with Gasteiger partial charge in [0.05, 0.1) is 37.0 Å². The van der Waals surface area contributed by atoms with Crippen molar-refractivity contribution in [3.8, 4) is 0 Å². The summed E-state index contributed by atoms with van der Waals surface area (Å²) in [5.74, 6) is 0. The van der Waals surface area contributed by atoms with Gasteiger partial charge >= 0.3 is 0 Å². The van der Waals surface area contributed by atoms with Crippen molar-refractivity contribution in [2.75, 3.05) is 32.5 Å². The van der Waals surface area contributed by atoms with E-state index in [9.17, 15) is 18.5 Å². The largest absolute Gasteiger partial charge is 0.375 e. The van der Waals surface area contributed by atoms with Crippen LogP contribution in [0, 0.1) is 10.1 Å². The number of nitro groups is 1. The summed E-state index contributed by atoms with van der Waals surface area (Å²) in [6.07, 6.45) is 0. The standard InChI is InChI=1S/C17H21ClN4O4S/c1-21(2)10-9-20-27(25,26)14-7-8-16(17(11-14)22(23)24)19-12-13-5-3-4-6-15(13)18/h3-8,11,19-20H,9-10,12H2,1-2H3/p+1. The van der Waals surface area contributed by atoms with Gasteiger partial charge in [-0.2, -0.15) is 0 Å². The van der Waals surface area contributed by atoms with E-state index in [2.05, 4.69) is 10.0 Å². The summed E-state index contributed by atoms with van der Waals surface area (Å²) >= 11 is 6.09. The van der Waals surface area contributed by atoms with E-state index in [0.29, 0.717) is 11.6 Å². The topological polar surface area (TPSA) is 106 Å². The van der Waals surface area contributed by atoms with E-state index in [1.807, 2.05) is 20.2 Å². The van der Waals surface area contributed by atoms with Gasteiger partial charge in [-0.15, -0.1) is 0 Å². The van der Waals surface area contributed by atoms with Crippen LogP contribution in [0.2, 0.25) is 5.02 Å². The van der Waals surface area contributed by atoms with Crippen LogP contribution in [-0.4, -0.2) is 40.5 Å². The molecule has 3 N–H and O–H groups in total. The molecule has 0 amide bonds. The Kier molecular flexibility index (Phi) is 7.14. The minimum absolute atomic E-state index is 0.147. The fourth-order valence-corrected chi connectivity index (χ4v) is 3.58. The highest BCUT2D eigenvalue weighted by molar-refractivity contribution is 7.89. The van der Waals surface area contributed by atoms with Gasteiger partial charge in [0.25, 0.3) is 5.69 Å². The zero-order chi connectivity index (χ0) is 20.0. The highest BCUT2D eigenvalue weighted by atomic mass is 35.5. The molecular weight excluding hydrogens is 392 g/mol. The second-order valence-corrected chi connectivity index (χ2v) is 8.41. The smallest absolute Gasteiger partial charge is 0.293 e. The minimum atomic E-state index is -3.82. The van der Waals surface area contributed by atoms with Crippen LogP contribution in [0.5, 0.6) is 0 Å². The predicted octanol–water partition coefficient (Wildman–Crippen LogP) is 1.28. The van der Waals surface area contributed by atoms with Crippen LogP contribution in [-0.2, 0) is 16.6 Å². The number of nitrogens with zero attached hydrogens (tertiary/aromatic N) is 1. The first-order chi connectivity index (χ1) is 12.7. The molecule has 0 heterocycles. The van der Waals surface area contributed by atoms with Crippen LogP contribution >= 0.6 is 11.6 Å². The van der Waals surface area contributed by atoms with E-state index in [1.165, 1.54) is 12.1 Å². The maximum atomic E-state index is 12.3. The Morgan fingerprint density at radius 1 is 1.19 bits per heavy atom. The molecule has 0 bridgehead atoms. The molecule has 0 aliphatic heterocycles. The summed E-state index contributed by atoms with van der Waals surface area (Å²) in [6, 6.07) is 10.9. The molecule has 2 aromatic carbocycles. The maximum absolute atomic E-state index is 12.3. The number of sulfonamides is 1. The lowest BCUT2D eigenvalue weighted by Gasteiger charge is -2.11. The first-order valence-corrected chi connectivity index (χ1v) is 10.1. The van der Waals surface area contributed by atoms with E-state index >= 15 is 0 Å². The van der Waals surface area contributed by atoms with Gasteiger partial charge < -0.3 is 10.2 Å². The predicted molar refractivity (Wildman–Crippen MR) is 105 cm³/mol. The summed E-state index contributed by atoms with van der Waals surface area (Å²) in [6.45, 7) is 1.11. The molecule has 8 nitrogen and oxygen atoms in total. The molecule has 0 radical (unpaired) electrons. The molecule has 0 unspecified atom stereocenters. The molecular formula is C17H22ClN4O4S+. The van der Waals surface area contributed by atoms with Crippen molar-refractivity contribution in [2.45, 2.75) is 11.4 Å². The Morgan fingerprint density at radius 2 is 1.89 bits per heavy atom. The van der Waals surface area contributed by atoms with Gasteiger partial charge in [-0.05, 0) is 23.8 Å². The molecule has 2 aromatic rings. The van der Waals surface area contributed by atoms with Crippen molar-refractivity contribution in [1.82, 2.24) is 4.72 Å². The number of hydrogen-bond donors (Lipinski definition) is 3. The number of benzene rings is 2. The number of halogens is 1. The zero-order valence-corrected chi connectivity index (χ0v) is 16.6. The minimum Gasteiger partial charge on any atom is -0.375 e. The van der Waals surface area contributed by atoms with Crippen LogP contribution in [0.25, 0.3) is 0 Å². The maximum Gasteiger partial charge on any atom is 0.293 e. The monoisotopic (exact) mass is 413 g/mol. The summed E-state index contributed by atoms with van der Waals surface area (Å²) < 4.78 is 27.1. The lowest BCUT2D eigenvalue weighted by Crippen LogP contribution is -3.06. The average molecular weight is 414 g/mol. The number of nitro benzene ring substituents is 1. The van der Waals surface area contributed by atoms with Crippen LogP contribution in [0.1, 0.15) is 5.56 Å². The number of hydrogen-bond acceptors (Lipinski definition) is 5. The van der Waals surface area contributed by atoms with Crippen molar-refractivity contribution in [3.05, 3.63) is 63.2 Å². The van der Waals surface area contributed by atoms with Gasteiger partial charge in [0.2, 0.25) is 10.0 Å². The molecule has 0 aliphatic carbocycles. The SMILES string of the molecule is C[NH+](C)CCNS(=O)(=O)c1ccc(NCc2ccccc2Cl)c([N+](=O)[O-])c1. The molecule has 0 saturated heterocycles. The number of quaternary nitrogens is 1. The molecule has 0 spiro atoms. The van der Waals surface area contributed by atoms with E-state index in [1.54, 1.807) is 18.2 Å². The zero-order valence-electron chi connectivity index (χ0n) is 15.0. The molecule has 2 rings (SSSR count). The summed E-state index contributed by atoms with van der Waals surface area (Å²) in [5.41, 5.74) is 0.679. The van der Waals surface area contributed by atoms with Crippen LogP contribution < -0.4 is 14.9 Å². The number of rotatable bonds is 9. The Labute approximate surface area is 163 Å². The van der Waals surface area contributed by atoms with Gasteiger partial charge in [-0.1, -0.05) is 29.8 Å². The number of anilines is 1. The second-order valence-electron chi connectivity index (χ2n) is 6.24.